The Balaban J connectivity index is 2.66. The number of hydrogen-bond donors (Lipinski definition) is 2. The minimum absolute atomic E-state index is 0.262. The molecule has 13 heavy (non-hydrogen) atoms. The number of aromatic amines is 1. The second-order valence-corrected chi connectivity index (χ2v) is 3.50. The number of aromatic nitrogens is 2. The third-order valence-corrected chi connectivity index (χ3v) is 1.77. The number of aryl methyl sites for hydroxylation is 1. The monoisotopic (exact) mass is 185 g/mol. The molecule has 1 aromatic heterocycles. The first-order valence-corrected chi connectivity index (χ1v) is 4.47. The normalized spacial score (nSPS) is 13.6. The van der Waals surface area contributed by atoms with Gasteiger partial charge in [-0.15, -0.1) is 0 Å². The summed E-state index contributed by atoms with van der Waals surface area (Å²) in [6.45, 7) is 5.45. The number of nitrogens with one attached hydrogen (secondary N) is 2. The lowest BCUT2D eigenvalue weighted by Crippen LogP contribution is -2.29. The van der Waals surface area contributed by atoms with Gasteiger partial charge < -0.3 is 5.32 Å². The summed E-state index contributed by atoms with van der Waals surface area (Å²) < 4.78 is 12.6. The molecule has 0 saturated carbocycles. The van der Waals surface area contributed by atoms with Crippen LogP contribution in [0.25, 0.3) is 0 Å². The Labute approximate surface area is 77.7 Å². The van der Waals surface area contributed by atoms with Gasteiger partial charge in [-0.2, -0.15) is 5.10 Å². The first-order chi connectivity index (χ1) is 6.13. The zero-order valence-corrected chi connectivity index (χ0v) is 8.26. The van der Waals surface area contributed by atoms with Crippen molar-refractivity contribution >= 4 is 0 Å². The molecule has 2 N–H and O–H groups in total. The Morgan fingerprint density at radius 2 is 2.31 bits per heavy atom. The Hall–Kier alpha value is -0.900. The molecule has 0 spiro atoms. The highest BCUT2D eigenvalue weighted by molar-refractivity contribution is 5.11. The van der Waals surface area contributed by atoms with Crippen LogP contribution in [-0.2, 0) is 0 Å². The maximum Gasteiger partial charge on any atom is 0.110 e. The Morgan fingerprint density at radius 1 is 1.62 bits per heavy atom. The van der Waals surface area contributed by atoms with Gasteiger partial charge in [0, 0.05) is 11.7 Å². The minimum atomic E-state index is -0.428. The van der Waals surface area contributed by atoms with E-state index in [1.165, 1.54) is 0 Å². The highest BCUT2D eigenvalue weighted by atomic mass is 19.1. The SMILES string of the molecule is Cc1cc(C(CF)NC(C)C)n[nH]1. The lowest BCUT2D eigenvalue weighted by Gasteiger charge is -2.15. The molecule has 4 heteroatoms. The van der Waals surface area contributed by atoms with Crippen molar-refractivity contribution in [3.8, 4) is 0 Å². The second kappa shape index (κ2) is 4.37. The van der Waals surface area contributed by atoms with Crippen molar-refractivity contribution in [3.63, 3.8) is 0 Å². The Kier molecular flexibility index (Phi) is 3.42. The van der Waals surface area contributed by atoms with Crippen LogP contribution < -0.4 is 5.32 Å². The summed E-state index contributed by atoms with van der Waals surface area (Å²) >= 11 is 0. The highest BCUT2D eigenvalue weighted by Gasteiger charge is 2.14. The Bertz CT molecular complexity index is 257. The summed E-state index contributed by atoms with van der Waals surface area (Å²) in [5.41, 5.74) is 1.70. The van der Waals surface area contributed by atoms with Crippen molar-refractivity contribution in [2.24, 2.45) is 0 Å². The quantitative estimate of drug-likeness (QED) is 0.750. The molecule has 0 aromatic carbocycles. The van der Waals surface area contributed by atoms with Crippen LogP contribution in [-0.4, -0.2) is 22.9 Å². The van der Waals surface area contributed by atoms with E-state index < -0.39 is 6.67 Å². The van der Waals surface area contributed by atoms with Gasteiger partial charge in [0.2, 0.25) is 0 Å². The van der Waals surface area contributed by atoms with Gasteiger partial charge in [0.1, 0.15) is 6.67 Å². The number of H-pyrrole nitrogens is 1. The maximum absolute atomic E-state index is 12.6. The van der Waals surface area contributed by atoms with Crippen LogP contribution in [0.5, 0.6) is 0 Å². The van der Waals surface area contributed by atoms with Crippen molar-refractivity contribution in [1.29, 1.82) is 0 Å². The molecule has 0 aliphatic rings. The van der Waals surface area contributed by atoms with Crippen molar-refractivity contribution < 1.29 is 4.39 Å². The molecule has 0 amide bonds. The first-order valence-electron chi connectivity index (χ1n) is 4.47. The highest BCUT2D eigenvalue weighted by Crippen LogP contribution is 2.12. The molecule has 1 unspecified atom stereocenters. The fourth-order valence-electron chi connectivity index (χ4n) is 1.23. The van der Waals surface area contributed by atoms with Crippen LogP contribution in [0.4, 0.5) is 4.39 Å². The van der Waals surface area contributed by atoms with Gasteiger partial charge in [0.15, 0.2) is 0 Å². The predicted molar refractivity (Wildman–Crippen MR) is 50.3 cm³/mol. The lowest BCUT2D eigenvalue weighted by molar-refractivity contribution is 0.356. The summed E-state index contributed by atoms with van der Waals surface area (Å²) in [7, 11) is 0. The van der Waals surface area contributed by atoms with E-state index in [9.17, 15) is 4.39 Å². The van der Waals surface area contributed by atoms with E-state index in [0.717, 1.165) is 11.4 Å². The summed E-state index contributed by atoms with van der Waals surface area (Å²) in [6.07, 6.45) is 0. The van der Waals surface area contributed by atoms with Crippen LogP contribution >= 0.6 is 0 Å². The first kappa shape index (κ1) is 10.2. The van der Waals surface area contributed by atoms with Crippen LogP contribution in [0.2, 0.25) is 0 Å². The van der Waals surface area contributed by atoms with Crippen LogP contribution in [0.1, 0.15) is 31.3 Å². The summed E-state index contributed by atoms with van der Waals surface area (Å²) in [6, 6.07) is 1.84. The van der Waals surface area contributed by atoms with E-state index in [-0.39, 0.29) is 12.1 Å². The van der Waals surface area contributed by atoms with Crippen molar-refractivity contribution in [2.45, 2.75) is 32.9 Å². The van der Waals surface area contributed by atoms with Gasteiger partial charge in [0.25, 0.3) is 0 Å². The topological polar surface area (TPSA) is 40.7 Å². The van der Waals surface area contributed by atoms with E-state index in [2.05, 4.69) is 15.5 Å². The molecule has 0 radical (unpaired) electrons. The number of hydrogen-bond acceptors (Lipinski definition) is 2. The van der Waals surface area contributed by atoms with E-state index in [0.29, 0.717) is 0 Å². The summed E-state index contributed by atoms with van der Waals surface area (Å²) in [5, 5.41) is 9.91. The number of halogens is 1. The summed E-state index contributed by atoms with van der Waals surface area (Å²) in [5.74, 6) is 0. The maximum atomic E-state index is 12.6. The second-order valence-electron chi connectivity index (χ2n) is 3.50. The minimum Gasteiger partial charge on any atom is -0.304 e. The molecule has 1 atom stereocenters. The third kappa shape index (κ3) is 2.81. The van der Waals surface area contributed by atoms with Gasteiger partial charge in [-0.25, -0.2) is 4.39 Å². The predicted octanol–water partition coefficient (Wildman–Crippen LogP) is 1.73. The molecule has 1 aromatic rings. The zero-order valence-electron chi connectivity index (χ0n) is 8.26. The molecule has 74 valence electrons. The molecule has 3 nitrogen and oxygen atoms in total. The molecule has 1 heterocycles. The molecule has 0 aliphatic carbocycles. The summed E-state index contributed by atoms with van der Waals surface area (Å²) in [4.78, 5) is 0. The van der Waals surface area contributed by atoms with Crippen LogP contribution in [0, 0.1) is 6.92 Å². The van der Waals surface area contributed by atoms with Crippen molar-refractivity contribution in [2.75, 3.05) is 6.67 Å². The smallest absolute Gasteiger partial charge is 0.110 e. The van der Waals surface area contributed by atoms with Gasteiger partial charge in [0.05, 0.1) is 11.7 Å². The average Bonchev–Trinajstić information content (AvgIpc) is 2.47. The Morgan fingerprint density at radius 3 is 2.69 bits per heavy atom. The molecular weight excluding hydrogens is 169 g/mol. The van der Waals surface area contributed by atoms with Crippen molar-refractivity contribution in [3.05, 3.63) is 17.5 Å². The lowest BCUT2D eigenvalue weighted by atomic mass is 10.2. The number of nitrogens with zero attached hydrogens (tertiary/aromatic N) is 1. The van der Waals surface area contributed by atoms with E-state index >= 15 is 0 Å². The van der Waals surface area contributed by atoms with E-state index in [1.54, 1.807) is 0 Å². The molecular formula is C9H16FN3. The van der Waals surface area contributed by atoms with Crippen LogP contribution in [0.3, 0.4) is 0 Å². The fourth-order valence-corrected chi connectivity index (χ4v) is 1.23. The van der Waals surface area contributed by atoms with Gasteiger partial charge in [-0.05, 0) is 13.0 Å². The number of rotatable bonds is 4. The fraction of sp³-hybridized carbons (Fsp3) is 0.667. The molecule has 0 bridgehead atoms. The molecule has 0 aliphatic heterocycles. The van der Waals surface area contributed by atoms with Crippen molar-refractivity contribution in [1.82, 2.24) is 15.5 Å². The standard InChI is InChI=1S/C9H16FN3/c1-6(2)11-9(5-10)8-4-7(3)12-13-8/h4,6,9,11H,5H2,1-3H3,(H,12,13). The van der Waals surface area contributed by atoms with E-state index in [4.69, 9.17) is 0 Å². The molecule has 0 saturated heterocycles. The van der Waals surface area contributed by atoms with Crippen LogP contribution in [0.15, 0.2) is 6.07 Å². The zero-order chi connectivity index (χ0) is 9.84. The third-order valence-electron chi connectivity index (χ3n) is 1.77. The van der Waals surface area contributed by atoms with Gasteiger partial charge in [-0.3, -0.25) is 5.10 Å². The largest absolute Gasteiger partial charge is 0.304 e. The van der Waals surface area contributed by atoms with E-state index in [1.807, 2.05) is 26.8 Å². The van der Waals surface area contributed by atoms with Gasteiger partial charge >= 0.3 is 0 Å². The number of alkyl halides is 1. The molecule has 0 fully saturated rings. The molecule has 1 rings (SSSR count). The average molecular weight is 185 g/mol. The van der Waals surface area contributed by atoms with Gasteiger partial charge in [-0.1, -0.05) is 13.8 Å².